The summed E-state index contributed by atoms with van der Waals surface area (Å²) in [5.74, 6) is -0.424. The van der Waals surface area contributed by atoms with E-state index in [4.69, 9.17) is 14.6 Å². The van der Waals surface area contributed by atoms with Crippen LogP contribution in [0.1, 0.15) is 54.4 Å². The lowest BCUT2D eigenvalue weighted by Crippen LogP contribution is -2.41. The Bertz CT molecular complexity index is 297. The molecule has 2 N–H and O–H groups in total. The minimum absolute atomic E-state index is 0.00290. The molecule has 1 amide bonds. The van der Waals surface area contributed by atoms with E-state index in [1.807, 2.05) is 0 Å². The molecular formula is C14H27NO5. The van der Waals surface area contributed by atoms with Crippen molar-refractivity contribution in [3.63, 3.8) is 0 Å². The summed E-state index contributed by atoms with van der Waals surface area (Å²) < 4.78 is 10.3. The van der Waals surface area contributed by atoms with Crippen molar-refractivity contribution in [3.8, 4) is 0 Å². The summed E-state index contributed by atoms with van der Waals surface area (Å²) in [6.45, 7) is 10.4. The summed E-state index contributed by atoms with van der Waals surface area (Å²) in [6, 6.07) is -0.510. The first-order chi connectivity index (χ1) is 8.93. The number of nitrogens with one attached hydrogen (secondary N) is 1. The summed E-state index contributed by atoms with van der Waals surface area (Å²) in [7, 11) is 0. The van der Waals surface area contributed by atoms with Gasteiger partial charge in [-0.15, -0.1) is 0 Å². The van der Waals surface area contributed by atoms with Crippen LogP contribution in [0.15, 0.2) is 0 Å². The molecule has 0 saturated heterocycles. The Morgan fingerprint density at radius 1 is 1.05 bits per heavy atom. The van der Waals surface area contributed by atoms with Gasteiger partial charge >= 0.3 is 12.1 Å². The zero-order valence-corrected chi connectivity index (χ0v) is 13.3. The number of amides is 1. The van der Waals surface area contributed by atoms with E-state index in [-0.39, 0.29) is 19.4 Å². The van der Waals surface area contributed by atoms with Gasteiger partial charge in [-0.25, -0.2) is 4.79 Å². The number of hydrogen-bond acceptors (Lipinski definition) is 5. The molecule has 0 saturated carbocycles. The Labute approximate surface area is 120 Å². The summed E-state index contributed by atoms with van der Waals surface area (Å²) >= 11 is 0. The van der Waals surface area contributed by atoms with Crippen molar-refractivity contribution >= 4 is 12.1 Å². The SMILES string of the molecule is CC(C)(C)OC(=O)CC(CCO)NC(=O)OC(C)(C)C. The van der Waals surface area contributed by atoms with Crippen molar-refractivity contribution in [2.24, 2.45) is 0 Å². The van der Waals surface area contributed by atoms with Crippen molar-refractivity contribution < 1.29 is 24.2 Å². The number of aliphatic hydroxyl groups excluding tert-OH is 1. The Balaban J connectivity index is 4.43. The third kappa shape index (κ3) is 10.6. The highest BCUT2D eigenvalue weighted by Crippen LogP contribution is 2.11. The van der Waals surface area contributed by atoms with E-state index in [0.717, 1.165) is 0 Å². The smallest absolute Gasteiger partial charge is 0.407 e. The van der Waals surface area contributed by atoms with Gasteiger partial charge in [-0.3, -0.25) is 4.79 Å². The molecule has 0 aromatic heterocycles. The number of ether oxygens (including phenoxy) is 2. The first-order valence-electron chi connectivity index (χ1n) is 6.75. The van der Waals surface area contributed by atoms with Crippen LogP contribution in [0.5, 0.6) is 0 Å². The Morgan fingerprint density at radius 2 is 1.55 bits per heavy atom. The maximum atomic E-state index is 11.7. The quantitative estimate of drug-likeness (QED) is 0.756. The van der Waals surface area contributed by atoms with Crippen LogP contribution in [0.25, 0.3) is 0 Å². The molecule has 0 heterocycles. The number of rotatable bonds is 5. The van der Waals surface area contributed by atoms with Crippen LogP contribution >= 0.6 is 0 Å². The Kier molecular flexibility index (Phi) is 6.99. The monoisotopic (exact) mass is 289 g/mol. The highest BCUT2D eigenvalue weighted by Gasteiger charge is 2.23. The zero-order valence-electron chi connectivity index (χ0n) is 13.3. The van der Waals surface area contributed by atoms with Gasteiger partial charge in [0.1, 0.15) is 11.2 Å². The van der Waals surface area contributed by atoms with Gasteiger partial charge in [0.15, 0.2) is 0 Å². The molecule has 0 spiro atoms. The van der Waals surface area contributed by atoms with E-state index in [1.165, 1.54) is 0 Å². The minimum atomic E-state index is -0.612. The molecule has 1 atom stereocenters. The summed E-state index contributed by atoms with van der Waals surface area (Å²) in [6.07, 6.45) is -0.352. The highest BCUT2D eigenvalue weighted by atomic mass is 16.6. The topological polar surface area (TPSA) is 84.9 Å². The average Bonchev–Trinajstić information content (AvgIpc) is 2.10. The standard InChI is InChI=1S/C14H27NO5/c1-13(2,3)19-11(17)9-10(7-8-16)15-12(18)20-14(4,5)6/h10,16H,7-9H2,1-6H3,(H,15,18). The van der Waals surface area contributed by atoms with Crippen molar-refractivity contribution in [2.75, 3.05) is 6.61 Å². The number of alkyl carbamates (subject to hydrolysis) is 1. The molecule has 0 fully saturated rings. The van der Waals surface area contributed by atoms with Crippen LogP contribution in [0.4, 0.5) is 4.79 Å². The fourth-order valence-corrected chi connectivity index (χ4v) is 1.44. The molecule has 6 nitrogen and oxygen atoms in total. The molecule has 0 aromatic carbocycles. The van der Waals surface area contributed by atoms with Crippen LogP contribution in [0, 0.1) is 0 Å². The lowest BCUT2D eigenvalue weighted by molar-refractivity contribution is -0.155. The molecule has 0 aromatic rings. The third-order valence-electron chi connectivity index (χ3n) is 2.03. The van der Waals surface area contributed by atoms with E-state index in [9.17, 15) is 9.59 Å². The summed E-state index contributed by atoms with van der Waals surface area (Å²) in [5, 5.41) is 11.6. The second kappa shape index (κ2) is 7.47. The van der Waals surface area contributed by atoms with Crippen LogP contribution in [-0.4, -0.2) is 41.0 Å². The van der Waals surface area contributed by atoms with Crippen LogP contribution in [0.3, 0.4) is 0 Å². The highest BCUT2D eigenvalue weighted by molar-refractivity contribution is 5.73. The van der Waals surface area contributed by atoms with Crippen LogP contribution < -0.4 is 5.32 Å². The van der Waals surface area contributed by atoms with Gasteiger partial charge in [0, 0.05) is 12.6 Å². The van der Waals surface area contributed by atoms with E-state index < -0.39 is 29.3 Å². The number of esters is 1. The molecule has 0 aliphatic carbocycles. The van der Waals surface area contributed by atoms with E-state index in [1.54, 1.807) is 41.5 Å². The second-order valence-electron chi connectivity index (χ2n) is 6.65. The lowest BCUT2D eigenvalue weighted by atomic mass is 10.1. The maximum Gasteiger partial charge on any atom is 0.407 e. The van der Waals surface area contributed by atoms with Crippen molar-refractivity contribution in [3.05, 3.63) is 0 Å². The summed E-state index contributed by atoms with van der Waals surface area (Å²) in [5.41, 5.74) is -1.19. The van der Waals surface area contributed by atoms with Gasteiger partial charge in [-0.2, -0.15) is 0 Å². The molecule has 0 radical (unpaired) electrons. The molecule has 1 unspecified atom stereocenters. The number of carbonyl (C=O) groups is 2. The number of carbonyl (C=O) groups excluding carboxylic acids is 2. The fraction of sp³-hybridized carbons (Fsp3) is 0.857. The van der Waals surface area contributed by atoms with Gasteiger partial charge in [0.25, 0.3) is 0 Å². The predicted octanol–water partition coefficient (Wildman–Crippen LogP) is 1.99. The van der Waals surface area contributed by atoms with Crippen LogP contribution in [0.2, 0.25) is 0 Å². The first-order valence-corrected chi connectivity index (χ1v) is 6.75. The van der Waals surface area contributed by atoms with Gasteiger partial charge in [-0.1, -0.05) is 0 Å². The maximum absolute atomic E-state index is 11.7. The number of aliphatic hydroxyl groups is 1. The molecule has 0 rings (SSSR count). The minimum Gasteiger partial charge on any atom is -0.460 e. The average molecular weight is 289 g/mol. The first kappa shape index (κ1) is 18.7. The molecule has 0 aliphatic rings. The number of hydrogen-bond donors (Lipinski definition) is 2. The fourth-order valence-electron chi connectivity index (χ4n) is 1.44. The molecule has 20 heavy (non-hydrogen) atoms. The zero-order chi connectivity index (χ0) is 16.0. The molecule has 0 bridgehead atoms. The predicted molar refractivity (Wildman–Crippen MR) is 75.3 cm³/mol. The van der Waals surface area contributed by atoms with E-state index in [2.05, 4.69) is 5.32 Å². The van der Waals surface area contributed by atoms with E-state index in [0.29, 0.717) is 0 Å². The Morgan fingerprint density at radius 3 is 1.95 bits per heavy atom. The molecule has 6 heteroatoms. The molecule has 0 aliphatic heterocycles. The molecule has 118 valence electrons. The van der Waals surface area contributed by atoms with Gasteiger partial charge in [0.05, 0.1) is 6.42 Å². The largest absolute Gasteiger partial charge is 0.460 e. The molecular weight excluding hydrogens is 262 g/mol. The second-order valence-corrected chi connectivity index (χ2v) is 6.65. The van der Waals surface area contributed by atoms with Crippen molar-refractivity contribution in [2.45, 2.75) is 71.6 Å². The van der Waals surface area contributed by atoms with Gasteiger partial charge in [-0.05, 0) is 48.0 Å². The van der Waals surface area contributed by atoms with Crippen molar-refractivity contribution in [1.29, 1.82) is 0 Å². The normalized spacial score (nSPS) is 13.6. The lowest BCUT2D eigenvalue weighted by Gasteiger charge is -2.24. The van der Waals surface area contributed by atoms with Gasteiger partial charge in [0.2, 0.25) is 0 Å². The summed E-state index contributed by atoms with van der Waals surface area (Å²) in [4.78, 5) is 23.4. The Hall–Kier alpha value is -1.30. The van der Waals surface area contributed by atoms with Gasteiger partial charge < -0.3 is 19.9 Å². The third-order valence-corrected chi connectivity index (χ3v) is 2.03. The van der Waals surface area contributed by atoms with Crippen LogP contribution in [-0.2, 0) is 14.3 Å². The van der Waals surface area contributed by atoms with E-state index >= 15 is 0 Å². The van der Waals surface area contributed by atoms with Crippen molar-refractivity contribution in [1.82, 2.24) is 5.32 Å².